The maximum atomic E-state index is 13.6. The fourth-order valence-corrected chi connectivity index (χ4v) is 2.38. The van der Waals surface area contributed by atoms with Crippen LogP contribution in [0.5, 0.6) is 0 Å². The average Bonchev–Trinajstić information content (AvgIpc) is 2.29. The Labute approximate surface area is 99.5 Å². The molecule has 0 aromatic rings. The number of amides is 1. The molecule has 4 nitrogen and oxygen atoms in total. The van der Waals surface area contributed by atoms with Crippen LogP contribution in [-0.4, -0.2) is 52.7 Å². The number of rotatable bonds is 2. The van der Waals surface area contributed by atoms with Crippen LogP contribution in [0.2, 0.25) is 0 Å². The molecule has 1 spiro atoms. The molecule has 0 aromatic heterocycles. The van der Waals surface area contributed by atoms with E-state index in [1.54, 1.807) is 13.8 Å². The van der Waals surface area contributed by atoms with Gasteiger partial charge in [0, 0.05) is 25.2 Å². The molecule has 0 aromatic carbocycles. The molecule has 6 heteroatoms. The minimum Gasteiger partial charge on any atom is -0.294 e. The van der Waals surface area contributed by atoms with Gasteiger partial charge in [0.2, 0.25) is 0 Å². The van der Waals surface area contributed by atoms with Gasteiger partial charge >= 0.3 is 6.23 Å². The van der Waals surface area contributed by atoms with Crippen molar-refractivity contribution in [3.63, 3.8) is 0 Å². The summed E-state index contributed by atoms with van der Waals surface area (Å²) in [7, 11) is 0. The van der Waals surface area contributed by atoms with Gasteiger partial charge in [0.25, 0.3) is 5.91 Å². The number of likely N-dealkylation sites (tertiary alicyclic amines) is 1. The normalized spacial score (nSPS) is 27.3. The Morgan fingerprint density at radius 1 is 1.18 bits per heavy atom. The van der Waals surface area contributed by atoms with Gasteiger partial charge in [0.05, 0.1) is 0 Å². The number of hydrogen-bond acceptors (Lipinski definition) is 3. The molecule has 2 saturated heterocycles. The summed E-state index contributed by atoms with van der Waals surface area (Å²) in [5, 5.41) is 0. The summed E-state index contributed by atoms with van der Waals surface area (Å²) in [5.74, 6) is -0.589. The Balaban J connectivity index is 2.17. The van der Waals surface area contributed by atoms with Gasteiger partial charge in [-0.15, -0.1) is 0 Å². The average molecular weight is 248 g/mol. The summed E-state index contributed by atoms with van der Waals surface area (Å²) < 4.78 is 32.0. The van der Waals surface area contributed by atoms with Crippen molar-refractivity contribution in [3.05, 3.63) is 0 Å². The first kappa shape index (κ1) is 12.7. The highest BCUT2D eigenvalue weighted by atomic mass is 19.3. The lowest BCUT2D eigenvalue weighted by atomic mass is 9.91. The van der Waals surface area contributed by atoms with E-state index < -0.39 is 23.8 Å². The van der Waals surface area contributed by atoms with Gasteiger partial charge in [-0.05, 0) is 27.7 Å². The molecule has 0 unspecified atom stereocenters. The Bertz CT molecular complexity index is 338. The zero-order valence-electron chi connectivity index (χ0n) is 10.5. The van der Waals surface area contributed by atoms with Crippen LogP contribution in [0.3, 0.4) is 0 Å². The summed E-state index contributed by atoms with van der Waals surface area (Å²) >= 11 is 0. The fraction of sp³-hybridized carbons (Fsp3) is 0.909. The van der Waals surface area contributed by atoms with Crippen LogP contribution in [0.15, 0.2) is 0 Å². The molecule has 0 radical (unpaired) electrons. The van der Waals surface area contributed by atoms with Crippen molar-refractivity contribution >= 4 is 5.91 Å². The molecule has 2 heterocycles. The maximum Gasteiger partial charge on any atom is 0.452 e. The van der Waals surface area contributed by atoms with Crippen molar-refractivity contribution in [1.29, 1.82) is 0 Å². The second-order valence-corrected chi connectivity index (χ2v) is 5.35. The predicted molar refractivity (Wildman–Crippen MR) is 57.5 cm³/mol. The highest BCUT2D eigenvalue weighted by Crippen LogP contribution is 2.44. The summed E-state index contributed by atoms with van der Waals surface area (Å²) in [5.41, 5.74) is -1.32. The molecule has 0 atom stereocenters. The number of carbonyl (C=O) groups excluding carboxylic acids is 1. The molecule has 2 aliphatic rings. The second-order valence-electron chi connectivity index (χ2n) is 5.35. The summed E-state index contributed by atoms with van der Waals surface area (Å²) in [6, 6.07) is -0.330. The Hall–Kier alpha value is -0.750. The quantitative estimate of drug-likeness (QED) is 0.690. The second kappa shape index (κ2) is 3.62. The van der Waals surface area contributed by atoms with E-state index in [0.717, 1.165) is 0 Å². The van der Waals surface area contributed by atoms with Crippen LogP contribution in [0, 0.1) is 0 Å². The number of carbonyl (C=O) groups is 1. The van der Waals surface area contributed by atoms with Gasteiger partial charge in [-0.1, -0.05) is 0 Å². The Kier molecular flexibility index (Phi) is 2.70. The van der Waals surface area contributed by atoms with Crippen molar-refractivity contribution in [2.75, 3.05) is 13.1 Å². The molecule has 0 saturated carbocycles. The number of hydrogen-bond donors (Lipinski definition) is 0. The molecule has 2 rings (SSSR count). The third kappa shape index (κ3) is 1.74. The number of halogens is 2. The molecule has 0 aliphatic carbocycles. The van der Waals surface area contributed by atoms with Crippen LogP contribution in [0.4, 0.5) is 8.78 Å². The zero-order valence-corrected chi connectivity index (χ0v) is 10.5. The van der Waals surface area contributed by atoms with Gasteiger partial charge < -0.3 is 0 Å². The molecule has 17 heavy (non-hydrogen) atoms. The first-order chi connectivity index (χ1) is 7.69. The minimum absolute atomic E-state index is 0.235. The summed E-state index contributed by atoms with van der Waals surface area (Å²) in [6.45, 7) is 7.56. The van der Waals surface area contributed by atoms with Crippen LogP contribution in [0.1, 0.15) is 27.7 Å². The van der Waals surface area contributed by atoms with E-state index in [1.165, 1.54) is 0 Å². The number of alkyl halides is 2. The summed E-state index contributed by atoms with van der Waals surface area (Å²) in [4.78, 5) is 14.5. The van der Waals surface area contributed by atoms with Crippen molar-refractivity contribution in [3.8, 4) is 0 Å². The first-order valence-electron chi connectivity index (χ1n) is 5.85. The minimum atomic E-state index is -3.48. The van der Waals surface area contributed by atoms with Crippen LogP contribution in [0.25, 0.3) is 0 Å². The van der Waals surface area contributed by atoms with Crippen molar-refractivity contribution in [1.82, 2.24) is 9.80 Å². The third-order valence-corrected chi connectivity index (χ3v) is 3.37. The molecule has 1 amide bonds. The van der Waals surface area contributed by atoms with Crippen molar-refractivity contribution in [2.24, 2.45) is 0 Å². The van der Waals surface area contributed by atoms with E-state index in [1.807, 2.05) is 18.7 Å². The molecule has 2 fully saturated rings. The van der Waals surface area contributed by atoms with Gasteiger partial charge in [-0.2, -0.15) is 8.78 Å². The van der Waals surface area contributed by atoms with E-state index in [4.69, 9.17) is 4.74 Å². The lowest BCUT2D eigenvalue weighted by Gasteiger charge is -2.46. The number of ether oxygens (including phenoxy) is 1. The van der Waals surface area contributed by atoms with E-state index in [-0.39, 0.29) is 19.1 Å². The molecular weight excluding hydrogens is 230 g/mol. The molecule has 2 aliphatic heterocycles. The van der Waals surface area contributed by atoms with E-state index >= 15 is 0 Å². The van der Waals surface area contributed by atoms with Gasteiger partial charge in [-0.25, -0.2) is 0 Å². The molecule has 0 bridgehead atoms. The largest absolute Gasteiger partial charge is 0.452 e. The molecule has 0 N–H and O–H groups in total. The molecule has 98 valence electrons. The summed E-state index contributed by atoms with van der Waals surface area (Å²) in [6.07, 6.45) is -3.48. The van der Waals surface area contributed by atoms with Crippen LogP contribution < -0.4 is 0 Å². The molecular formula is C11H18F2N2O2. The number of nitrogens with zero attached hydrogens (tertiary/aromatic N) is 2. The van der Waals surface area contributed by atoms with Gasteiger partial charge in [0.15, 0.2) is 5.60 Å². The van der Waals surface area contributed by atoms with Gasteiger partial charge in [-0.3, -0.25) is 19.3 Å². The highest BCUT2D eigenvalue weighted by Gasteiger charge is 2.68. The standard InChI is InChI=1S/C11H18F2N2O2/c1-7(2)14-5-10(6-14)9(16)15(8(3)4)11(12,13)17-10/h7-8H,5-6H2,1-4H3. The van der Waals surface area contributed by atoms with Crippen LogP contribution >= 0.6 is 0 Å². The van der Waals surface area contributed by atoms with Gasteiger partial charge in [0.1, 0.15) is 0 Å². The monoisotopic (exact) mass is 248 g/mol. The topological polar surface area (TPSA) is 32.8 Å². The third-order valence-electron chi connectivity index (χ3n) is 3.37. The van der Waals surface area contributed by atoms with E-state index in [2.05, 4.69) is 0 Å². The smallest absolute Gasteiger partial charge is 0.294 e. The maximum absolute atomic E-state index is 13.6. The van der Waals surface area contributed by atoms with Crippen LogP contribution in [-0.2, 0) is 9.53 Å². The fourth-order valence-electron chi connectivity index (χ4n) is 2.38. The Morgan fingerprint density at radius 3 is 2.06 bits per heavy atom. The Morgan fingerprint density at radius 2 is 1.71 bits per heavy atom. The predicted octanol–water partition coefficient (Wildman–Crippen LogP) is 1.27. The lowest BCUT2D eigenvalue weighted by molar-refractivity contribution is -0.325. The zero-order chi connectivity index (χ0) is 13.0. The lowest BCUT2D eigenvalue weighted by Crippen LogP contribution is -2.67. The van der Waals surface area contributed by atoms with E-state index in [9.17, 15) is 13.6 Å². The van der Waals surface area contributed by atoms with Crippen molar-refractivity contribution < 1.29 is 18.3 Å². The van der Waals surface area contributed by atoms with E-state index in [0.29, 0.717) is 4.90 Å². The SMILES string of the molecule is CC(C)N1CC2(C1)OC(F)(F)N(C(C)C)C2=O. The first-order valence-corrected chi connectivity index (χ1v) is 5.85. The highest BCUT2D eigenvalue weighted by molar-refractivity contribution is 5.89. The van der Waals surface area contributed by atoms with Crippen molar-refractivity contribution in [2.45, 2.75) is 51.6 Å².